The van der Waals surface area contributed by atoms with Crippen LogP contribution in [-0.4, -0.2) is 25.0 Å². The molecule has 0 bridgehead atoms. The number of carbonyl (C=O) groups is 1. The second-order valence-corrected chi connectivity index (χ2v) is 4.25. The summed E-state index contributed by atoms with van der Waals surface area (Å²) < 4.78 is 0. The zero-order valence-corrected chi connectivity index (χ0v) is 10.1. The van der Waals surface area contributed by atoms with Gasteiger partial charge in [-0.2, -0.15) is 0 Å². The number of carbonyl (C=O) groups excluding carboxylic acids is 1. The minimum Gasteiger partial charge on any atom is -0.366 e. The molecule has 0 aliphatic carbocycles. The Morgan fingerprint density at radius 2 is 2.00 bits per heavy atom. The van der Waals surface area contributed by atoms with Crippen LogP contribution >= 0.6 is 0 Å². The standard InChI is InChI=1S/C13H18N2O/c1-4-14-10(2)9-15(11(3)16)13-8-6-5-7-12(13)14/h5-8,10H,4,9H2,1-3H3. The molecule has 0 saturated carbocycles. The first-order valence-electron chi connectivity index (χ1n) is 5.79. The molecule has 0 N–H and O–H groups in total. The number of anilines is 2. The van der Waals surface area contributed by atoms with Gasteiger partial charge in [-0.3, -0.25) is 4.79 Å². The fourth-order valence-electron chi connectivity index (χ4n) is 2.41. The number of benzene rings is 1. The molecule has 86 valence electrons. The van der Waals surface area contributed by atoms with Gasteiger partial charge in [-0.05, 0) is 26.0 Å². The van der Waals surface area contributed by atoms with E-state index in [9.17, 15) is 4.79 Å². The lowest BCUT2D eigenvalue weighted by Crippen LogP contribution is -2.49. The molecular weight excluding hydrogens is 200 g/mol. The van der Waals surface area contributed by atoms with Crippen molar-refractivity contribution >= 4 is 17.3 Å². The summed E-state index contributed by atoms with van der Waals surface area (Å²) in [5.74, 6) is 0.120. The van der Waals surface area contributed by atoms with Gasteiger partial charge >= 0.3 is 0 Å². The Morgan fingerprint density at radius 3 is 2.56 bits per heavy atom. The van der Waals surface area contributed by atoms with Crippen molar-refractivity contribution in [2.24, 2.45) is 0 Å². The zero-order chi connectivity index (χ0) is 11.7. The average molecular weight is 218 g/mol. The van der Waals surface area contributed by atoms with Crippen LogP contribution in [0.2, 0.25) is 0 Å². The summed E-state index contributed by atoms with van der Waals surface area (Å²) in [4.78, 5) is 15.8. The van der Waals surface area contributed by atoms with E-state index in [4.69, 9.17) is 0 Å². The SMILES string of the molecule is CCN1c2ccccc2N(C(C)=O)CC1C. The average Bonchev–Trinajstić information content (AvgIpc) is 2.28. The Balaban J connectivity index is 2.48. The summed E-state index contributed by atoms with van der Waals surface area (Å²) in [7, 11) is 0. The van der Waals surface area contributed by atoms with Crippen molar-refractivity contribution in [2.75, 3.05) is 22.9 Å². The van der Waals surface area contributed by atoms with Crippen LogP contribution in [0.5, 0.6) is 0 Å². The lowest BCUT2D eigenvalue weighted by Gasteiger charge is -2.41. The quantitative estimate of drug-likeness (QED) is 0.722. The predicted molar refractivity (Wildman–Crippen MR) is 67.0 cm³/mol. The topological polar surface area (TPSA) is 23.6 Å². The first kappa shape index (κ1) is 11.0. The molecule has 16 heavy (non-hydrogen) atoms. The van der Waals surface area contributed by atoms with E-state index in [2.05, 4.69) is 24.8 Å². The maximum Gasteiger partial charge on any atom is 0.223 e. The molecule has 0 spiro atoms. The van der Waals surface area contributed by atoms with Crippen molar-refractivity contribution in [3.63, 3.8) is 0 Å². The van der Waals surface area contributed by atoms with Crippen LogP contribution in [0, 0.1) is 0 Å². The molecule has 1 aliphatic rings. The molecule has 3 nitrogen and oxygen atoms in total. The van der Waals surface area contributed by atoms with Gasteiger partial charge in [0.1, 0.15) is 0 Å². The normalized spacial score (nSPS) is 19.6. The molecule has 1 aliphatic heterocycles. The van der Waals surface area contributed by atoms with Crippen LogP contribution in [0.4, 0.5) is 11.4 Å². The van der Waals surface area contributed by atoms with Crippen molar-refractivity contribution in [1.29, 1.82) is 0 Å². The highest BCUT2D eigenvalue weighted by Gasteiger charge is 2.28. The first-order chi connectivity index (χ1) is 7.65. The highest BCUT2D eigenvalue weighted by molar-refractivity contribution is 5.96. The van der Waals surface area contributed by atoms with Crippen LogP contribution in [-0.2, 0) is 4.79 Å². The molecule has 1 atom stereocenters. The Morgan fingerprint density at radius 1 is 1.38 bits per heavy atom. The van der Waals surface area contributed by atoms with Gasteiger partial charge in [0.2, 0.25) is 5.91 Å². The number of hydrogen-bond acceptors (Lipinski definition) is 2. The summed E-state index contributed by atoms with van der Waals surface area (Å²) in [6, 6.07) is 8.50. The molecule has 0 radical (unpaired) electrons. The molecule has 1 unspecified atom stereocenters. The highest BCUT2D eigenvalue weighted by Crippen LogP contribution is 2.34. The minimum absolute atomic E-state index is 0.120. The van der Waals surface area contributed by atoms with Crippen molar-refractivity contribution in [1.82, 2.24) is 0 Å². The van der Waals surface area contributed by atoms with Crippen molar-refractivity contribution in [3.05, 3.63) is 24.3 Å². The number of rotatable bonds is 1. The van der Waals surface area contributed by atoms with E-state index < -0.39 is 0 Å². The third-order valence-electron chi connectivity index (χ3n) is 3.18. The molecule has 1 aromatic carbocycles. The number of hydrogen-bond donors (Lipinski definition) is 0. The summed E-state index contributed by atoms with van der Waals surface area (Å²) >= 11 is 0. The molecular formula is C13H18N2O. The van der Waals surface area contributed by atoms with Crippen LogP contribution in [0.25, 0.3) is 0 Å². The Hall–Kier alpha value is -1.51. The van der Waals surface area contributed by atoms with Crippen molar-refractivity contribution < 1.29 is 4.79 Å². The van der Waals surface area contributed by atoms with Gasteiger partial charge in [0, 0.05) is 26.1 Å². The van der Waals surface area contributed by atoms with Crippen LogP contribution in [0.1, 0.15) is 20.8 Å². The van der Waals surface area contributed by atoms with E-state index in [1.807, 2.05) is 23.1 Å². The van der Waals surface area contributed by atoms with Crippen LogP contribution < -0.4 is 9.80 Å². The zero-order valence-electron chi connectivity index (χ0n) is 10.1. The van der Waals surface area contributed by atoms with Gasteiger partial charge in [-0.1, -0.05) is 12.1 Å². The van der Waals surface area contributed by atoms with E-state index in [-0.39, 0.29) is 5.91 Å². The predicted octanol–water partition coefficient (Wildman–Crippen LogP) is 2.27. The minimum atomic E-state index is 0.120. The second-order valence-electron chi connectivity index (χ2n) is 4.25. The lowest BCUT2D eigenvalue weighted by atomic mass is 10.1. The molecule has 1 amide bonds. The highest BCUT2D eigenvalue weighted by atomic mass is 16.2. The van der Waals surface area contributed by atoms with Crippen molar-refractivity contribution in [2.45, 2.75) is 26.8 Å². The van der Waals surface area contributed by atoms with E-state index in [1.54, 1.807) is 6.92 Å². The Bertz CT molecular complexity index is 403. The number of amides is 1. The lowest BCUT2D eigenvalue weighted by molar-refractivity contribution is -0.116. The summed E-state index contributed by atoms with van der Waals surface area (Å²) in [5, 5.41) is 0. The number of likely N-dealkylation sites (N-methyl/N-ethyl adjacent to an activating group) is 1. The summed E-state index contributed by atoms with van der Waals surface area (Å²) in [5.41, 5.74) is 2.20. The molecule has 0 aromatic heterocycles. The first-order valence-corrected chi connectivity index (χ1v) is 5.79. The molecule has 1 heterocycles. The molecule has 2 rings (SSSR count). The summed E-state index contributed by atoms with van der Waals surface area (Å²) in [6.07, 6.45) is 0. The van der Waals surface area contributed by atoms with Gasteiger partial charge in [-0.25, -0.2) is 0 Å². The van der Waals surface area contributed by atoms with E-state index in [0.29, 0.717) is 6.04 Å². The largest absolute Gasteiger partial charge is 0.366 e. The Kier molecular flexibility index (Phi) is 2.86. The maximum absolute atomic E-state index is 11.6. The van der Waals surface area contributed by atoms with Crippen LogP contribution in [0.3, 0.4) is 0 Å². The molecule has 1 aromatic rings. The molecule has 0 saturated heterocycles. The van der Waals surface area contributed by atoms with Crippen molar-refractivity contribution in [3.8, 4) is 0 Å². The fourth-order valence-corrected chi connectivity index (χ4v) is 2.41. The summed E-state index contributed by atoms with van der Waals surface area (Å²) in [6.45, 7) is 7.70. The van der Waals surface area contributed by atoms with Gasteiger partial charge in [-0.15, -0.1) is 0 Å². The molecule has 0 fully saturated rings. The van der Waals surface area contributed by atoms with E-state index in [0.717, 1.165) is 18.8 Å². The Labute approximate surface area is 96.7 Å². The monoisotopic (exact) mass is 218 g/mol. The smallest absolute Gasteiger partial charge is 0.223 e. The number of fused-ring (bicyclic) bond motifs is 1. The van der Waals surface area contributed by atoms with E-state index >= 15 is 0 Å². The van der Waals surface area contributed by atoms with Gasteiger partial charge in [0.05, 0.1) is 11.4 Å². The second kappa shape index (κ2) is 4.16. The third-order valence-corrected chi connectivity index (χ3v) is 3.18. The molecule has 3 heteroatoms. The maximum atomic E-state index is 11.6. The van der Waals surface area contributed by atoms with Gasteiger partial charge < -0.3 is 9.80 Å². The fraction of sp³-hybridized carbons (Fsp3) is 0.462. The van der Waals surface area contributed by atoms with Gasteiger partial charge in [0.25, 0.3) is 0 Å². The number of para-hydroxylation sites is 2. The number of nitrogens with zero attached hydrogens (tertiary/aromatic N) is 2. The van der Waals surface area contributed by atoms with E-state index in [1.165, 1.54) is 5.69 Å². The third kappa shape index (κ3) is 1.66. The van der Waals surface area contributed by atoms with Gasteiger partial charge in [0.15, 0.2) is 0 Å². The van der Waals surface area contributed by atoms with Crippen LogP contribution in [0.15, 0.2) is 24.3 Å².